The van der Waals surface area contributed by atoms with Crippen molar-refractivity contribution in [3.8, 4) is 0 Å². The highest BCUT2D eigenvalue weighted by Crippen LogP contribution is 2.19. The molecule has 0 bridgehead atoms. The molecule has 0 N–H and O–H groups in total. The lowest BCUT2D eigenvalue weighted by atomic mass is 10.1. The van der Waals surface area contributed by atoms with Gasteiger partial charge in [0.15, 0.2) is 0 Å². The summed E-state index contributed by atoms with van der Waals surface area (Å²) in [6.45, 7) is 0. The van der Waals surface area contributed by atoms with Crippen LogP contribution >= 0.6 is 0 Å². The summed E-state index contributed by atoms with van der Waals surface area (Å²) in [5.74, 6) is -1.01. The van der Waals surface area contributed by atoms with Crippen LogP contribution in [-0.4, -0.2) is 19.0 Å². The van der Waals surface area contributed by atoms with Crippen LogP contribution in [0.3, 0.4) is 0 Å². The normalized spacial score (nSPS) is 11.5. The zero-order chi connectivity index (χ0) is 15.8. The lowest BCUT2D eigenvalue weighted by molar-refractivity contribution is -0.166. The van der Waals surface area contributed by atoms with Gasteiger partial charge in [0, 0.05) is 12.0 Å². The Morgan fingerprint density at radius 2 is 1.55 bits per heavy atom. The molecule has 2 aromatic carbocycles. The van der Waals surface area contributed by atoms with Crippen molar-refractivity contribution < 1.29 is 19.1 Å². The van der Waals surface area contributed by atoms with Crippen LogP contribution < -0.4 is 0 Å². The highest BCUT2D eigenvalue weighted by molar-refractivity contribution is 5.80. The van der Waals surface area contributed by atoms with Crippen molar-refractivity contribution in [3.63, 3.8) is 0 Å². The number of methoxy groups -OCH3 is 1. The maximum Gasteiger partial charge on any atom is 0.351 e. The first-order chi connectivity index (χ1) is 10.7. The van der Waals surface area contributed by atoms with Gasteiger partial charge >= 0.3 is 11.9 Å². The Kier molecular flexibility index (Phi) is 5.72. The number of benzene rings is 2. The number of ether oxygens (including phenoxy) is 2. The van der Waals surface area contributed by atoms with Crippen molar-refractivity contribution in [1.29, 1.82) is 0 Å². The summed E-state index contributed by atoms with van der Waals surface area (Å²) in [6, 6.07) is 18.5. The van der Waals surface area contributed by atoms with Crippen molar-refractivity contribution >= 4 is 11.9 Å². The van der Waals surface area contributed by atoms with Crippen LogP contribution in [0.5, 0.6) is 0 Å². The molecule has 4 nitrogen and oxygen atoms in total. The Morgan fingerprint density at radius 1 is 0.955 bits per heavy atom. The van der Waals surface area contributed by atoms with E-state index in [4.69, 9.17) is 9.47 Å². The van der Waals surface area contributed by atoms with Crippen LogP contribution in [-0.2, 0) is 25.5 Å². The molecule has 114 valence electrons. The van der Waals surface area contributed by atoms with E-state index in [-0.39, 0.29) is 6.42 Å². The predicted octanol–water partition coefficient (Wildman–Crippen LogP) is 3.08. The van der Waals surface area contributed by atoms with Crippen LogP contribution in [0.1, 0.15) is 23.7 Å². The number of hydrogen-bond donors (Lipinski definition) is 0. The molecule has 2 aromatic rings. The van der Waals surface area contributed by atoms with E-state index in [1.807, 2.05) is 36.4 Å². The molecule has 0 aliphatic heterocycles. The summed E-state index contributed by atoms with van der Waals surface area (Å²) in [6.07, 6.45) is -0.235. The molecule has 0 heterocycles. The minimum absolute atomic E-state index is 0.213. The molecule has 0 saturated carbocycles. The van der Waals surface area contributed by atoms with Gasteiger partial charge in [-0.15, -0.1) is 0 Å². The summed E-state index contributed by atoms with van der Waals surface area (Å²) < 4.78 is 10.0. The second-order valence-electron chi connectivity index (χ2n) is 4.79. The van der Waals surface area contributed by atoms with Gasteiger partial charge in [0.2, 0.25) is 6.10 Å². The van der Waals surface area contributed by atoms with Crippen LogP contribution in [0.15, 0.2) is 60.7 Å². The van der Waals surface area contributed by atoms with Gasteiger partial charge in [0.25, 0.3) is 0 Å². The van der Waals surface area contributed by atoms with E-state index in [0.717, 1.165) is 5.56 Å². The molecule has 22 heavy (non-hydrogen) atoms. The summed E-state index contributed by atoms with van der Waals surface area (Å²) in [4.78, 5) is 23.8. The first-order valence-corrected chi connectivity index (χ1v) is 7.07. The van der Waals surface area contributed by atoms with E-state index in [0.29, 0.717) is 12.0 Å². The van der Waals surface area contributed by atoms with E-state index >= 15 is 0 Å². The third-order valence-corrected chi connectivity index (χ3v) is 3.23. The molecule has 2 rings (SSSR count). The van der Waals surface area contributed by atoms with Crippen LogP contribution in [0.25, 0.3) is 0 Å². The number of hydrogen-bond acceptors (Lipinski definition) is 4. The molecular formula is C18H18O4. The Balaban J connectivity index is 1.98. The second-order valence-corrected chi connectivity index (χ2v) is 4.79. The van der Waals surface area contributed by atoms with E-state index in [1.165, 1.54) is 7.11 Å². The number of rotatable bonds is 6. The maximum absolute atomic E-state index is 12.0. The summed E-state index contributed by atoms with van der Waals surface area (Å²) in [5.41, 5.74) is 1.65. The lowest BCUT2D eigenvalue weighted by Gasteiger charge is -2.16. The molecule has 0 fully saturated rings. The number of carbonyl (C=O) groups is 2. The molecule has 0 aromatic heterocycles. The minimum atomic E-state index is -1.02. The molecular weight excluding hydrogens is 280 g/mol. The van der Waals surface area contributed by atoms with Crippen LogP contribution in [0.4, 0.5) is 0 Å². The van der Waals surface area contributed by atoms with Gasteiger partial charge in [-0.1, -0.05) is 60.7 Å². The Bertz CT molecular complexity index is 607. The fourth-order valence-corrected chi connectivity index (χ4v) is 2.07. The second kappa shape index (κ2) is 7.98. The zero-order valence-corrected chi connectivity index (χ0v) is 12.4. The summed E-state index contributed by atoms with van der Waals surface area (Å²) in [7, 11) is 1.27. The van der Waals surface area contributed by atoms with Crippen LogP contribution in [0.2, 0.25) is 0 Å². The van der Waals surface area contributed by atoms with Gasteiger partial charge < -0.3 is 9.47 Å². The fraction of sp³-hybridized carbons (Fsp3) is 0.222. The summed E-state index contributed by atoms with van der Waals surface area (Å²) >= 11 is 0. The van der Waals surface area contributed by atoms with Crippen molar-refractivity contribution in [2.75, 3.05) is 7.11 Å². The average molecular weight is 298 g/mol. The van der Waals surface area contributed by atoms with Crippen LogP contribution in [0, 0.1) is 0 Å². The van der Waals surface area contributed by atoms with Gasteiger partial charge in [-0.25, -0.2) is 4.79 Å². The van der Waals surface area contributed by atoms with E-state index < -0.39 is 18.0 Å². The highest BCUT2D eigenvalue weighted by atomic mass is 16.6. The molecule has 0 aliphatic carbocycles. The topological polar surface area (TPSA) is 52.6 Å². The molecule has 0 radical (unpaired) electrons. The number of carbonyl (C=O) groups excluding carboxylic acids is 2. The Morgan fingerprint density at radius 3 is 2.14 bits per heavy atom. The molecule has 0 aliphatic rings. The fourth-order valence-electron chi connectivity index (χ4n) is 2.07. The van der Waals surface area contributed by atoms with E-state index in [2.05, 4.69) is 0 Å². The van der Waals surface area contributed by atoms with Gasteiger partial charge in [-0.3, -0.25) is 4.79 Å². The van der Waals surface area contributed by atoms with Crippen molar-refractivity contribution in [1.82, 2.24) is 0 Å². The van der Waals surface area contributed by atoms with Gasteiger partial charge in [0.1, 0.15) is 0 Å². The number of esters is 2. The third kappa shape index (κ3) is 4.45. The third-order valence-electron chi connectivity index (χ3n) is 3.23. The molecule has 0 unspecified atom stereocenters. The van der Waals surface area contributed by atoms with E-state index in [1.54, 1.807) is 24.3 Å². The van der Waals surface area contributed by atoms with Gasteiger partial charge in [-0.05, 0) is 12.0 Å². The standard InChI is InChI=1S/C18H18O4/c1-21-18(20)17(15-10-6-3-7-11-15)22-16(19)13-12-14-8-4-2-5-9-14/h2-11,17H,12-13H2,1H3/t17-/m1/s1. The average Bonchev–Trinajstić information content (AvgIpc) is 2.59. The largest absolute Gasteiger partial charge is 0.466 e. The SMILES string of the molecule is COC(=O)[C@H](OC(=O)CCc1ccccc1)c1ccccc1. The predicted molar refractivity (Wildman–Crippen MR) is 82.1 cm³/mol. The molecule has 0 amide bonds. The van der Waals surface area contributed by atoms with Crippen molar-refractivity contribution in [2.24, 2.45) is 0 Å². The lowest BCUT2D eigenvalue weighted by Crippen LogP contribution is -2.21. The molecule has 4 heteroatoms. The molecule has 0 spiro atoms. The highest BCUT2D eigenvalue weighted by Gasteiger charge is 2.25. The van der Waals surface area contributed by atoms with E-state index in [9.17, 15) is 9.59 Å². The number of aryl methyl sites for hydroxylation is 1. The quantitative estimate of drug-likeness (QED) is 0.769. The molecule has 1 atom stereocenters. The zero-order valence-electron chi connectivity index (χ0n) is 12.4. The smallest absolute Gasteiger partial charge is 0.351 e. The van der Waals surface area contributed by atoms with Gasteiger partial charge in [-0.2, -0.15) is 0 Å². The van der Waals surface area contributed by atoms with Gasteiger partial charge in [0.05, 0.1) is 7.11 Å². The maximum atomic E-state index is 12.0. The van der Waals surface area contributed by atoms with Crippen molar-refractivity contribution in [2.45, 2.75) is 18.9 Å². The Hall–Kier alpha value is -2.62. The first kappa shape index (κ1) is 15.8. The molecule has 0 saturated heterocycles. The van der Waals surface area contributed by atoms with Crippen molar-refractivity contribution in [3.05, 3.63) is 71.8 Å². The first-order valence-electron chi connectivity index (χ1n) is 7.07. The minimum Gasteiger partial charge on any atom is -0.466 e. The summed E-state index contributed by atoms with van der Waals surface area (Å²) in [5, 5.41) is 0. The monoisotopic (exact) mass is 298 g/mol. The Labute approximate surface area is 129 Å².